The van der Waals surface area contributed by atoms with E-state index in [2.05, 4.69) is 15.7 Å². The van der Waals surface area contributed by atoms with E-state index < -0.39 is 28.9 Å². The van der Waals surface area contributed by atoms with Crippen molar-refractivity contribution in [3.8, 4) is 23.0 Å². The monoisotopic (exact) mass is 690 g/mol. The number of rotatable bonds is 10. The van der Waals surface area contributed by atoms with Crippen molar-refractivity contribution < 1.29 is 37.4 Å². The largest absolute Gasteiger partial charge is 0.493 e. The van der Waals surface area contributed by atoms with Crippen LogP contribution >= 0.6 is 11.8 Å². The second-order valence-electron chi connectivity index (χ2n) is 11.3. The molecular formula is C34H32F2N6O6S. The Hall–Kier alpha value is -5.41. The van der Waals surface area contributed by atoms with Crippen molar-refractivity contribution in [1.82, 2.24) is 20.3 Å². The normalized spacial score (nSPS) is 16.8. The fraction of sp³-hybridized carbons (Fsp3) is 0.235. The molecule has 4 aromatic rings. The number of nitrogens with zero attached hydrogens (tertiary/aromatic N) is 3. The first-order valence-corrected chi connectivity index (χ1v) is 16.2. The predicted molar refractivity (Wildman–Crippen MR) is 179 cm³/mol. The van der Waals surface area contributed by atoms with Gasteiger partial charge in [0.25, 0.3) is 5.91 Å². The second-order valence-corrected chi connectivity index (χ2v) is 12.2. The Balaban J connectivity index is 1.12. The molecule has 1 saturated heterocycles. The van der Waals surface area contributed by atoms with Crippen molar-refractivity contribution >= 4 is 46.2 Å². The molecule has 3 heterocycles. The highest BCUT2D eigenvalue weighted by Crippen LogP contribution is 2.39. The number of carbonyl (C=O) groups is 3. The molecule has 254 valence electrons. The Morgan fingerprint density at radius 1 is 1.00 bits per heavy atom. The van der Waals surface area contributed by atoms with Crippen molar-refractivity contribution in [3.63, 3.8) is 0 Å². The molecule has 2 aliphatic rings. The summed E-state index contributed by atoms with van der Waals surface area (Å²) < 4.78 is 46.5. The summed E-state index contributed by atoms with van der Waals surface area (Å²) in [6.45, 7) is 1.57. The summed E-state index contributed by atoms with van der Waals surface area (Å²) in [5.41, 5.74) is 9.05. The number of anilines is 1. The molecule has 15 heteroatoms. The number of nitrogens with one attached hydrogen (secondary N) is 2. The third kappa shape index (κ3) is 8.01. The van der Waals surface area contributed by atoms with Gasteiger partial charge >= 0.3 is 6.03 Å². The lowest BCUT2D eigenvalue weighted by atomic mass is 10.1. The van der Waals surface area contributed by atoms with Crippen LogP contribution in [0.1, 0.15) is 23.8 Å². The molecule has 4 N–H and O–H groups in total. The summed E-state index contributed by atoms with van der Waals surface area (Å²) in [7, 11) is 1.52. The summed E-state index contributed by atoms with van der Waals surface area (Å²) in [4.78, 5) is 43.1. The van der Waals surface area contributed by atoms with Crippen LogP contribution < -0.4 is 30.7 Å². The predicted octanol–water partition coefficient (Wildman–Crippen LogP) is 5.47. The first-order chi connectivity index (χ1) is 23.7. The van der Waals surface area contributed by atoms with Crippen LogP contribution in [-0.2, 0) is 9.59 Å². The van der Waals surface area contributed by atoms with Gasteiger partial charge in [-0.15, -0.1) is 11.8 Å². The number of fused-ring (bicyclic) bond motifs is 1. The number of amides is 4. The van der Waals surface area contributed by atoms with E-state index in [0.29, 0.717) is 59.6 Å². The molecule has 6 rings (SSSR count). The van der Waals surface area contributed by atoms with Crippen LogP contribution in [0, 0.1) is 11.6 Å². The molecule has 1 aromatic heterocycles. The van der Waals surface area contributed by atoms with E-state index in [-0.39, 0.29) is 30.0 Å². The molecule has 0 spiro atoms. The maximum absolute atomic E-state index is 15.3. The van der Waals surface area contributed by atoms with E-state index in [9.17, 15) is 18.8 Å². The van der Waals surface area contributed by atoms with Gasteiger partial charge in [-0.25, -0.2) is 24.0 Å². The van der Waals surface area contributed by atoms with Gasteiger partial charge in [0.05, 0.1) is 19.2 Å². The fourth-order valence-electron chi connectivity index (χ4n) is 5.50. The minimum absolute atomic E-state index is 0.0921. The lowest BCUT2D eigenvalue weighted by Gasteiger charge is -2.32. The molecule has 1 atom stereocenters. The van der Waals surface area contributed by atoms with Gasteiger partial charge in [0.1, 0.15) is 23.0 Å². The zero-order chi connectivity index (χ0) is 34.5. The molecule has 1 fully saturated rings. The van der Waals surface area contributed by atoms with Crippen molar-refractivity contribution in [3.05, 3.63) is 95.5 Å². The Bertz CT molecular complexity index is 1900. The highest BCUT2D eigenvalue weighted by molar-refractivity contribution is 8.02. The van der Waals surface area contributed by atoms with Crippen molar-refractivity contribution in [1.29, 1.82) is 0 Å². The molecule has 1 unspecified atom stereocenters. The van der Waals surface area contributed by atoms with Crippen LogP contribution in [-0.4, -0.2) is 65.6 Å². The second kappa shape index (κ2) is 14.8. The number of hydrogen-bond donors (Lipinski definition) is 3. The average Bonchev–Trinajstić information content (AvgIpc) is 3.08. The van der Waals surface area contributed by atoms with Gasteiger partial charge in [-0.05, 0) is 60.2 Å². The fourth-order valence-corrected chi connectivity index (χ4v) is 6.44. The first-order valence-electron chi connectivity index (χ1n) is 15.3. The summed E-state index contributed by atoms with van der Waals surface area (Å²) >= 11 is 1.25. The number of benzene rings is 3. The third-order valence-electron chi connectivity index (χ3n) is 7.87. The van der Waals surface area contributed by atoms with E-state index in [4.69, 9.17) is 19.9 Å². The number of nitrogens with two attached hydrogens (primary N) is 1. The van der Waals surface area contributed by atoms with Gasteiger partial charge in [-0.2, -0.15) is 0 Å². The van der Waals surface area contributed by atoms with E-state index >= 15 is 4.39 Å². The molecule has 2 aliphatic heterocycles. The minimum Gasteiger partial charge on any atom is -0.493 e. The zero-order valence-corrected chi connectivity index (χ0v) is 27.0. The smallest absolute Gasteiger partial charge is 0.338 e. The van der Waals surface area contributed by atoms with Gasteiger partial charge in [0.15, 0.2) is 23.1 Å². The van der Waals surface area contributed by atoms with Crippen LogP contribution in [0.4, 0.5) is 19.3 Å². The van der Waals surface area contributed by atoms with E-state index in [0.717, 1.165) is 11.1 Å². The number of urea groups is 1. The standard InChI is InChI=1S/C34H32F2N6O6S/c1-46-29-17-24-26(18-30(29)47-23-9-13-41(14-10-23)19-31(37)43)38-12-8-27(24)48-28-7-6-22(16-25(28)36)39-34(45)40-42-32(44)11-15-49-33(42)20-2-4-21(35)5-3-20/h2-8,11-12,15-18,23,33H,9-10,13-14,19H2,1H3,(H2,37,43)(H2,39,40,45). The molecule has 0 aliphatic carbocycles. The van der Waals surface area contributed by atoms with Crippen molar-refractivity contribution in [2.45, 2.75) is 24.3 Å². The van der Waals surface area contributed by atoms with Gasteiger partial charge < -0.3 is 25.3 Å². The first kappa shape index (κ1) is 33.5. The molecule has 49 heavy (non-hydrogen) atoms. The van der Waals surface area contributed by atoms with Gasteiger partial charge in [0.2, 0.25) is 5.91 Å². The Kier molecular flexibility index (Phi) is 10.1. The van der Waals surface area contributed by atoms with Crippen LogP contribution in [0.15, 0.2) is 78.3 Å². The van der Waals surface area contributed by atoms with Crippen molar-refractivity contribution in [2.75, 3.05) is 32.1 Å². The number of primary amides is 1. The van der Waals surface area contributed by atoms with Crippen LogP contribution in [0.2, 0.25) is 0 Å². The van der Waals surface area contributed by atoms with E-state index in [1.165, 1.54) is 67.5 Å². The number of aromatic nitrogens is 1. The maximum Gasteiger partial charge on any atom is 0.338 e. The summed E-state index contributed by atoms with van der Waals surface area (Å²) in [6, 6.07) is 13.7. The summed E-state index contributed by atoms with van der Waals surface area (Å²) in [5, 5.41) is 5.14. The van der Waals surface area contributed by atoms with Crippen molar-refractivity contribution in [2.24, 2.45) is 5.73 Å². The third-order valence-corrected chi connectivity index (χ3v) is 8.91. The lowest BCUT2D eigenvalue weighted by molar-refractivity contribution is -0.129. The number of halogens is 2. The highest BCUT2D eigenvalue weighted by atomic mass is 32.2. The van der Waals surface area contributed by atoms with Gasteiger partial charge in [-0.1, -0.05) is 12.1 Å². The molecule has 0 bridgehead atoms. The number of likely N-dealkylation sites (tertiary alicyclic amines) is 1. The number of piperidine rings is 1. The molecule has 0 saturated carbocycles. The molecule has 3 aromatic carbocycles. The zero-order valence-electron chi connectivity index (χ0n) is 26.2. The number of ether oxygens (including phenoxy) is 3. The summed E-state index contributed by atoms with van der Waals surface area (Å²) in [5.74, 6) is -0.887. The number of pyridine rings is 1. The van der Waals surface area contributed by atoms with Crippen LogP contribution in [0.25, 0.3) is 10.9 Å². The Morgan fingerprint density at radius 2 is 1.78 bits per heavy atom. The highest BCUT2D eigenvalue weighted by Gasteiger charge is 2.29. The molecule has 0 radical (unpaired) electrons. The van der Waals surface area contributed by atoms with E-state index in [1.807, 2.05) is 4.90 Å². The van der Waals surface area contributed by atoms with Gasteiger partial charge in [0, 0.05) is 48.6 Å². The van der Waals surface area contributed by atoms with Gasteiger partial charge in [-0.3, -0.25) is 19.5 Å². The van der Waals surface area contributed by atoms with Crippen LogP contribution in [0.3, 0.4) is 0 Å². The lowest BCUT2D eigenvalue weighted by Crippen LogP contribution is -2.49. The Labute approximate surface area is 284 Å². The van der Waals surface area contributed by atoms with E-state index in [1.54, 1.807) is 23.6 Å². The quantitative estimate of drug-likeness (QED) is 0.197. The van der Waals surface area contributed by atoms with Crippen LogP contribution in [0.5, 0.6) is 23.0 Å². The molecular weight excluding hydrogens is 658 g/mol. The number of hydrazine groups is 1. The maximum atomic E-state index is 15.3. The Morgan fingerprint density at radius 3 is 2.49 bits per heavy atom. The average molecular weight is 691 g/mol. The molecule has 4 amide bonds. The SMILES string of the molecule is COc1cc2c(Oc3ccc(NC(=O)NN4C(=O)C=CSC4c4ccc(F)cc4)cc3F)ccnc2cc1OC1CCN(CC(N)=O)CC1. The molecule has 12 nitrogen and oxygen atoms in total. The summed E-state index contributed by atoms with van der Waals surface area (Å²) in [6.07, 6.45) is 4.15. The minimum atomic E-state index is -0.786. The topological polar surface area (TPSA) is 148 Å². The number of carbonyl (C=O) groups excluding carboxylic acids is 3. The number of hydrogen-bond acceptors (Lipinski definition) is 9. The number of thioether (sulfide) groups is 1. The number of methoxy groups -OCH3 is 1.